The van der Waals surface area contributed by atoms with E-state index in [4.69, 9.17) is 4.74 Å². The van der Waals surface area contributed by atoms with Gasteiger partial charge in [-0.1, -0.05) is 11.3 Å². The van der Waals surface area contributed by atoms with E-state index >= 15 is 4.39 Å². The normalized spacial score (nSPS) is 28.9. The number of hydrogen-bond acceptors (Lipinski definition) is 8. The molecule has 2 amide bonds. The van der Waals surface area contributed by atoms with E-state index in [2.05, 4.69) is 20.4 Å². The van der Waals surface area contributed by atoms with Crippen LogP contribution in [0.15, 0.2) is 18.0 Å². The number of carbonyl (C=O) groups excluding carboxylic acids is 2. The highest BCUT2D eigenvalue weighted by atomic mass is 32.1. The van der Waals surface area contributed by atoms with Gasteiger partial charge < -0.3 is 15.0 Å². The second-order valence-corrected chi connectivity index (χ2v) is 9.75. The molecule has 0 radical (unpaired) electrons. The minimum Gasteiger partial charge on any atom is -0.423 e. The van der Waals surface area contributed by atoms with Gasteiger partial charge in [-0.2, -0.15) is 0 Å². The van der Waals surface area contributed by atoms with Gasteiger partial charge >= 0.3 is 6.09 Å². The van der Waals surface area contributed by atoms with Crippen LogP contribution < -0.4 is 5.32 Å². The summed E-state index contributed by atoms with van der Waals surface area (Å²) in [4.78, 5) is 29.8. The lowest BCUT2D eigenvalue weighted by Gasteiger charge is -2.49. The van der Waals surface area contributed by atoms with Crippen molar-refractivity contribution in [3.8, 4) is 0 Å². The van der Waals surface area contributed by atoms with Crippen molar-refractivity contribution in [3.63, 3.8) is 0 Å². The number of halogens is 1. The Kier molecular flexibility index (Phi) is 5.50. The van der Waals surface area contributed by atoms with Gasteiger partial charge in [0.1, 0.15) is 21.5 Å². The van der Waals surface area contributed by atoms with Crippen molar-refractivity contribution in [3.05, 3.63) is 28.0 Å². The van der Waals surface area contributed by atoms with Crippen LogP contribution in [0.25, 0.3) is 5.57 Å². The zero-order valence-electron chi connectivity index (χ0n) is 18.2. The lowest BCUT2D eigenvalue weighted by atomic mass is 9.91. The van der Waals surface area contributed by atoms with Crippen molar-refractivity contribution in [2.75, 3.05) is 39.8 Å². The van der Waals surface area contributed by atoms with Crippen LogP contribution in [-0.2, 0) is 9.53 Å². The number of carbonyl (C=O) groups is 2. The molecule has 0 aromatic carbocycles. The van der Waals surface area contributed by atoms with E-state index in [1.165, 1.54) is 23.2 Å². The predicted octanol–water partition coefficient (Wildman–Crippen LogP) is 1.91. The van der Waals surface area contributed by atoms with E-state index in [9.17, 15) is 9.59 Å². The van der Waals surface area contributed by atoms with Crippen molar-refractivity contribution >= 4 is 28.9 Å². The smallest absolute Gasteiger partial charge is 0.413 e. The maximum Gasteiger partial charge on any atom is 0.413 e. The molecular formula is C21H27FN6O3S. The number of nitrogens with zero attached hydrogens (tertiary/aromatic N) is 5. The van der Waals surface area contributed by atoms with Crippen LogP contribution in [-0.4, -0.2) is 88.6 Å². The van der Waals surface area contributed by atoms with E-state index in [1.807, 2.05) is 6.08 Å². The first-order chi connectivity index (χ1) is 15.4. The third kappa shape index (κ3) is 3.71. The van der Waals surface area contributed by atoms with Crippen LogP contribution in [0.5, 0.6) is 0 Å². The van der Waals surface area contributed by atoms with E-state index in [-0.39, 0.29) is 24.7 Å². The summed E-state index contributed by atoms with van der Waals surface area (Å²) in [5.74, 6) is -0.0520. The Morgan fingerprint density at radius 2 is 2.09 bits per heavy atom. The van der Waals surface area contributed by atoms with Crippen LogP contribution in [0, 0.1) is 0 Å². The maximum atomic E-state index is 15.7. The molecular weight excluding hydrogens is 435 g/mol. The molecule has 2 unspecified atom stereocenters. The highest BCUT2D eigenvalue weighted by Crippen LogP contribution is 2.45. The van der Waals surface area contributed by atoms with Crippen LogP contribution in [0.4, 0.5) is 9.18 Å². The van der Waals surface area contributed by atoms with Crippen molar-refractivity contribution in [2.45, 2.75) is 44.0 Å². The Morgan fingerprint density at radius 3 is 2.75 bits per heavy atom. The van der Waals surface area contributed by atoms with E-state index in [0.29, 0.717) is 29.6 Å². The number of amides is 2. The second kappa shape index (κ2) is 8.20. The summed E-state index contributed by atoms with van der Waals surface area (Å²) >= 11 is 1.45. The molecule has 11 heteroatoms. The summed E-state index contributed by atoms with van der Waals surface area (Å²) in [6.07, 6.45) is 4.61. The monoisotopic (exact) mass is 462 g/mol. The number of piperazine rings is 1. The molecule has 32 heavy (non-hydrogen) atoms. The van der Waals surface area contributed by atoms with Gasteiger partial charge in [0.05, 0.1) is 6.54 Å². The molecule has 0 spiro atoms. The number of likely N-dealkylation sites (N-methyl/N-ethyl adjacent to an activating group) is 1. The molecule has 172 valence electrons. The first-order valence-electron chi connectivity index (χ1n) is 11.0. The van der Waals surface area contributed by atoms with E-state index < -0.39 is 18.0 Å². The van der Waals surface area contributed by atoms with Crippen molar-refractivity contribution in [1.29, 1.82) is 0 Å². The molecule has 0 bridgehead atoms. The molecule has 1 aromatic heterocycles. The highest BCUT2D eigenvalue weighted by Gasteiger charge is 2.51. The van der Waals surface area contributed by atoms with Crippen LogP contribution >= 0.6 is 11.3 Å². The summed E-state index contributed by atoms with van der Waals surface area (Å²) in [6.45, 7) is 4.42. The fraction of sp³-hybridized carbons (Fsp3) is 0.619. The van der Waals surface area contributed by atoms with E-state index in [1.54, 1.807) is 18.0 Å². The number of allylic oxidation sites excluding steroid dienone is 2. The molecule has 2 aliphatic heterocycles. The number of rotatable bonds is 5. The molecule has 4 aliphatic rings. The Hall–Kier alpha value is -2.37. The average molecular weight is 463 g/mol. The molecule has 2 saturated heterocycles. The minimum atomic E-state index is -0.997. The second-order valence-electron chi connectivity index (χ2n) is 8.74. The average Bonchev–Trinajstić information content (AvgIpc) is 3.39. The van der Waals surface area contributed by atoms with Gasteiger partial charge in [-0.3, -0.25) is 14.6 Å². The van der Waals surface area contributed by atoms with Crippen LogP contribution in [0.1, 0.15) is 42.1 Å². The molecule has 1 aromatic rings. The molecule has 1 N–H and O–H groups in total. The summed E-state index contributed by atoms with van der Waals surface area (Å²) in [5.41, 5.74) is -0.562. The van der Waals surface area contributed by atoms with Gasteiger partial charge in [0.15, 0.2) is 6.23 Å². The van der Waals surface area contributed by atoms with Crippen molar-refractivity contribution in [2.24, 2.45) is 0 Å². The summed E-state index contributed by atoms with van der Waals surface area (Å²) in [6, 6.07) is 0. The highest BCUT2D eigenvalue weighted by molar-refractivity contribution is 7.12. The molecule has 2 aliphatic carbocycles. The number of hydrogen-bond donors (Lipinski definition) is 1. The maximum absolute atomic E-state index is 15.7. The third-order valence-electron chi connectivity index (χ3n) is 6.68. The van der Waals surface area contributed by atoms with E-state index in [0.717, 1.165) is 30.9 Å². The Labute approximate surface area is 189 Å². The summed E-state index contributed by atoms with van der Waals surface area (Å²) in [5, 5.41) is 13.3. The van der Waals surface area contributed by atoms with Gasteiger partial charge in [-0.15, -0.1) is 10.2 Å². The van der Waals surface area contributed by atoms with Crippen LogP contribution in [0.2, 0.25) is 0 Å². The van der Waals surface area contributed by atoms with Gasteiger partial charge in [0.2, 0.25) is 5.91 Å². The topological polar surface area (TPSA) is 90.9 Å². The Bertz CT molecular complexity index is 986. The van der Waals surface area contributed by atoms with Crippen molar-refractivity contribution in [1.82, 2.24) is 30.2 Å². The molecule has 1 saturated carbocycles. The molecule has 5 rings (SSSR count). The number of cyclic esters (lactones) is 1. The minimum absolute atomic E-state index is 0.00276. The van der Waals surface area contributed by atoms with Gasteiger partial charge in [0.25, 0.3) is 0 Å². The first kappa shape index (κ1) is 21.5. The lowest BCUT2D eigenvalue weighted by Crippen LogP contribution is -2.64. The number of ether oxygens (including phenoxy) is 1. The quantitative estimate of drug-likeness (QED) is 0.715. The van der Waals surface area contributed by atoms with Gasteiger partial charge in [-0.05, 0) is 25.0 Å². The fourth-order valence-electron chi connectivity index (χ4n) is 4.51. The molecule has 3 heterocycles. The Morgan fingerprint density at radius 1 is 1.34 bits per heavy atom. The molecule has 2 atom stereocenters. The zero-order chi connectivity index (χ0) is 22.5. The largest absolute Gasteiger partial charge is 0.423 e. The summed E-state index contributed by atoms with van der Waals surface area (Å²) in [7, 11) is 1.60. The standard InChI is InChI=1S/C21H27FN6O3S/c1-13(29)26(2)17-12-28(20(30)31-17)21(27-9-7-23-8-10-27)6-5-15(16(22)11-21)19-25-24-18(32-19)14-3-4-14/h5-6,14,17,23H,3-4,7-12H2,1-2H3. The fourth-order valence-corrected chi connectivity index (χ4v) is 5.56. The SMILES string of the molecule is CC(=O)N(C)C1CN(C2(N3CCNCC3)C=CC(c3nnc(C4CC4)s3)=C(F)C2)C(=O)O1. The summed E-state index contributed by atoms with van der Waals surface area (Å²) < 4.78 is 21.2. The lowest BCUT2D eigenvalue weighted by molar-refractivity contribution is -0.134. The first-order valence-corrected chi connectivity index (χ1v) is 11.8. The van der Waals surface area contributed by atoms with Gasteiger partial charge in [-0.25, -0.2) is 9.18 Å². The molecule has 3 fully saturated rings. The Balaban J connectivity index is 1.46. The van der Waals surface area contributed by atoms with Crippen LogP contribution in [0.3, 0.4) is 0 Å². The number of nitrogens with one attached hydrogen (secondary N) is 1. The predicted molar refractivity (Wildman–Crippen MR) is 116 cm³/mol. The van der Waals surface area contributed by atoms with Gasteiger partial charge in [0, 0.05) is 58.1 Å². The van der Waals surface area contributed by atoms with Crippen molar-refractivity contribution < 1.29 is 18.7 Å². The molecule has 9 nitrogen and oxygen atoms in total. The number of aromatic nitrogens is 2. The zero-order valence-corrected chi connectivity index (χ0v) is 19.0. The third-order valence-corrected chi connectivity index (χ3v) is 7.80.